The van der Waals surface area contributed by atoms with Gasteiger partial charge in [-0.3, -0.25) is 14.9 Å². The van der Waals surface area contributed by atoms with E-state index in [-0.39, 0.29) is 23.7 Å². The largest absolute Gasteiger partial charge is 0.351 e. The molecule has 1 aliphatic carbocycles. The Hall–Kier alpha value is -1.37. The third-order valence-corrected chi connectivity index (χ3v) is 4.33. The predicted octanol–water partition coefficient (Wildman–Crippen LogP) is 3.71. The molecule has 0 unspecified atom stereocenters. The van der Waals surface area contributed by atoms with Crippen molar-refractivity contribution < 1.29 is 9.72 Å². The van der Waals surface area contributed by atoms with Gasteiger partial charge in [-0.15, -0.1) is 12.4 Å². The number of nitro groups is 1. The third kappa shape index (κ3) is 6.26. The van der Waals surface area contributed by atoms with Crippen LogP contribution in [0.25, 0.3) is 0 Å². The summed E-state index contributed by atoms with van der Waals surface area (Å²) in [5, 5.41) is 17.4. The monoisotopic (exact) mass is 375 g/mol. The molecule has 24 heavy (non-hydrogen) atoms. The summed E-state index contributed by atoms with van der Waals surface area (Å²) in [6.45, 7) is 1.09. The summed E-state index contributed by atoms with van der Waals surface area (Å²) in [4.78, 5) is 22.5. The van der Waals surface area contributed by atoms with E-state index in [1.54, 1.807) is 0 Å². The van der Waals surface area contributed by atoms with Gasteiger partial charge in [-0.25, -0.2) is 0 Å². The van der Waals surface area contributed by atoms with Crippen molar-refractivity contribution in [2.45, 2.75) is 44.6 Å². The number of rotatable bonds is 6. The summed E-state index contributed by atoms with van der Waals surface area (Å²) in [5.74, 6) is -0.470. The molecule has 134 valence electrons. The average Bonchev–Trinajstić information content (AvgIpc) is 2.79. The fourth-order valence-corrected chi connectivity index (χ4v) is 3.05. The maximum Gasteiger partial charge on any atom is 0.282 e. The highest BCUT2D eigenvalue weighted by molar-refractivity contribution is 6.31. The van der Waals surface area contributed by atoms with Crippen molar-refractivity contribution in [3.63, 3.8) is 0 Å². The molecule has 0 spiro atoms. The quantitative estimate of drug-likeness (QED) is 0.343. The van der Waals surface area contributed by atoms with Crippen LogP contribution in [0.5, 0.6) is 0 Å². The van der Waals surface area contributed by atoms with Gasteiger partial charge in [-0.2, -0.15) is 0 Å². The lowest BCUT2D eigenvalue weighted by Gasteiger charge is -2.16. The lowest BCUT2D eigenvalue weighted by atomic mass is 10.1. The van der Waals surface area contributed by atoms with Gasteiger partial charge in [-0.05, 0) is 25.0 Å². The number of nitrogens with one attached hydrogen (secondary N) is 2. The fraction of sp³-hybridized carbons (Fsp3) is 0.562. The highest BCUT2D eigenvalue weighted by Crippen LogP contribution is 2.22. The molecule has 1 fully saturated rings. The Morgan fingerprint density at radius 1 is 1.21 bits per heavy atom. The number of nitro benzene ring substituents is 1. The first-order valence-electron chi connectivity index (χ1n) is 8.03. The minimum atomic E-state index is -0.574. The molecule has 0 saturated heterocycles. The molecule has 2 rings (SSSR count). The second kappa shape index (κ2) is 10.5. The van der Waals surface area contributed by atoms with Crippen LogP contribution in [0, 0.1) is 10.1 Å². The number of carbonyl (C=O) groups is 1. The summed E-state index contributed by atoms with van der Waals surface area (Å²) in [7, 11) is 0. The molecular weight excluding hydrogens is 353 g/mol. The van der Waals surface area contributed by atoms with Crippen molar-refractivity contribution in [3.05, 3.63) is 38.9 Å². The van der Waals surface area contributed by atoms with Gasteiger partial charge in [0.1, 0.15) is 5.56 Å². The zero-order valence-electron chi connectivity index (χ0n) is 13.4. The highest BCUT2D eigenvalue weighted by Gasteiger charge is 2.20. The van der Waals surface area contributed by atoms with Crippen LogP contribution in [0.3, 0.4) is 0 Å². The van der Waals surface area contributed by atoms with Crippen LogP contribution in [0.15, 0.2) is 18.2 Å². The number of carbonyl (C=O) groups excluding carboxylic acids is 1. The van der Waals surface area contributed by atoms with Crippen LogP contribution < -0.4 is 10.6 Å². The van der Waals surface area contributed by atoms with Crippen molar-refractivity contribution in [3.8, 4) is 0 Å². The lowest BCUT2D eigenvalue weighted by molar-refractivity contribution is -0.385. The lowest BCUT2D eigenvalue weighted by Crippen LogP contribution is -2.37. The van der Waals surface area contributed by atoms with Crippen LogP contribution in [0.4, 0.5) is 5.69 Å². The SMILES string of the molecule is Cl.O=C(NCCNC1CCCCCC1)c1cc(Cl)ccc1[N+](=O)[O-]. The van der Waals surface area contributed by atoms with E-state index in [9.17, 15) is 14.9 Å². The van der Waals surface area contributed by atoms with Crippen molar-refractivity contribution >= 4 is 35.6 Å². The molecule has 1 aliphatic rings. The van der Waals surface area contributed by atoms with Gasteiger partial charge >= 0.3 is 0 Å². The van der Waals surface area contributed by atoms with Gasteiger partial charge < -0.3 is 10.6 Å². The first-order chi connectivity index (χ1) is 11.1. The van der Waals surface area contributed by atoms with Gasteiger partial charge in [0.05, 0.1) is 4.92 Å². The molecule has 1 aromatic rings. The number of benzene rings is 1. The maximum atomic E-state index is 12.1. The van der Waals surface area contributed by atoms with Crippen molar-refractivity contribution in [1.29, 1.82) is 0 Å². The van der Waals surface area contributed by atoms with Crippen molar-refractivity contribution in [2.75, 3.05) is 13.1 Å². The minimum Gasteiger partial charge on any atom is -0.351 e. The van der Waals surface area contributed by atoms with Gasteiger partial charge in [0, 0.05) is 30.2 Å². The van der Waals surface area contributed by atoms with E-state index in [2.05, 4.69) is 10.6 Å². The summed E-state index contributed by atoms with van der Waals surface area (Å²) >= 11 is 5.83. The standard InChI is InChI=1S/C16H22ClN3O3.ClH/c17-12-7-8-15(20(22)23)14(11-12)16(21)19-10-9-18-13-5-3-1-2-4-6-13;/h7-8,11,13,18H,1-6,9-10H2,(H,19,21);1H. The normalized spacial score (nSPS) is 15.2. The number of amides is 1. The van der Waals surface area contributed by atoms with Gasteiger partial charge in [0.15, 0.2) is 0 Å². The molecule has 0 aliphatic heterocycles. The smallest absolute Gasteiger partial charge is 0.282 e. The summed E-state index contributed by atoms with van der Waals surface area (Å²) in [6, 6.07) is 4.49. The van der Waals surface area contributed by atoms with E-state index in [4.69, 9.17) is 11.6 Å². The molecule has 2 N–H and O–H groups in total. The van der Waals surface area contributed by atoms with E-state index in [0.29, 0.717) is 24.2 Å². The molecule has 0 aromatic heterocycles. The predicted molar refractivity (Wildman–Crippen MR) is 97.2 cm³/mol. The fourth-order valence-electron chi connectivity index (χ4n) is 2.88. The van der Waals surface area contributed by atoms with Crippen molar-refractivity contribution in [2.24, 2.45) is 0 Å². The minimum absolute atomic E-state index is 0. The summed E-state index contributed by atoms with van der Waals surface area (Å²) < 4.78 is 0. The molecule has 0 heterocycles. The molecule has 1 saturated carbocycles. The van der Waals surface area contributed by atoms with Crippen LogP contribution in [0.1, 0.15) is 48.9 Å². The molecule has 1 aromatic carbocycles. The molecule has 0 bridgehead atoms. The van der Waals surface area contributed by atoms with E-state index in [1.165, 1.54) is 56.7 Å². The summed E-state index contributed by atoms with van der Waals surface area (Å²) in [6.07, 6.45) is 7.44. The Kier molecular flexibility index (Phi) is 9.03. The van der Waals surface area contributed by atoms with Gasteiger partial charge in [-0.1, -0.05) is 37.3 Å². The zero-order valence-corrected chi connectivity index (χ0v) is 15.0. The average molecular weight is 376 g/mol. The van der Waals surface area contributed by atoms with E-state index >= 15 is 0 Å². The molecule has 0 atom stereocenters. The van der Waals surface area contributed by atoms with Crippen LogP contribution in [-0.2, 0) is 0 Å². The topological polar surface area (TPSA) is 84.3 Å². The number of nitrogens with zero attached hydrogens (tertiary/aromatic N) is 1. The number of hydrogen-bond donors (Lipinski definition) is 2. The maximum absolute atomic E-state index is 12.1. The Morgan fingerprint density at radius 2 is 1.88 bits per heavy atom. The van der Waals surface area contributed by atoms with E-state index in [0.717, 1.165) is 0 Å². The second-order valence-corrected chi connectivity index (χ2v) is 6.25. The van der Waals surface area contributed by atoms with Gasteiger partial charge in [0.2, 0.25) is 0 Å². The Morgan fingerprint density at radius 3 is 2.50 bits per heavy atom. The summed E-state index contributed by atoms with van der Waals surface area (Å²) in [5.41, 5.74) is -0.236. The second-order valence-electron chi connectivity index (χ2n) is 5.82. The molecule has 0 radical (unpaired) electrons. The van der Waals surface area contributed by atoms with Crippen molar-refractivity contribution in [1.82, 2.24) is 10.6 Å². The third-order valence-electron chi connectivity index (χ3n) is 4.10. The Balaban J connectivity index is 0.00000288. The van der Waals surface area contributed by atoms with E-state index < -0.39 is 10.8 Å². The van der Waals surface area contributed by atoms with Gasteiger partial charge in [0.25, 0.3) is 11.6 Å². The van der Waals surface area contributed by atoms with Crippen LogP contribution >= 0.6 is 24.0 Å². The molecule has 6 nitrogen and oxygen atoms in total. The molecule has 1 amide bonds. The zero-order chi connectivity index (χ0) is 16.7. The van der Waals surface area contributed by atoms with Crippen LogP contribution in [0.2, 0.25) is 5.02 Å². The van der Waals surface area contributed by atoms with Crippen LogP contribution in [-0.4, -0.2) is 30.0 Å². The first-order valence-corrected chi connectivity index (χ1v) is 8.41. The number of hydrogen-bond acceptors (Lipinski definition) is 4. The molecule has 8 heteroatoms. The Labute approximate surface area is 152 Å². The number of halogens is 2. The molecular formula is C16H23Cl2N3O3. The Bertz CT molecular complexity index is 561. The first kappa shape index (κ1) is 20.7. The van der Waals surface area contributed by atoms with E-state index in [1.807, 2.05) is 0 Å². The highest BCUT2D eigenvalue weighted by atomic mass is 35.5.